The fourth-order valence-corrected chi connectivity index (χ4v) is 9.67. The molecule has 0 saturated carbocycles. The predicted molar refractivity (Wildman–Crippen MR) is 242 cm³/mol. The number of thiophene rings is 1. The number of rotatable bonds is 7. The standard InChI is InChI=1S/C53H34N4S/c1-3-10-39(11-4-1)50-45-22-23-49-51(53(45)58-52(50)40-12-5-2-6-13-40)44-16-7-8-17-48(44)57(49)43-15-9-14-41(32-43)47-34-42(33-46(56-47)38-26-30-55-31-27-38)36-20-18-35(19-21-36)37-24-28-54-29-25-37/h1-34H. The van der Waals surface area contributed by atoms with Crippen LogP contribution in [0.3, 0.4) is 0 Å². The van der Waals surface area contributed by atoms with Crippen molar-refractivity contribution in [1.82, 2.24) is 19.5 Å². The number of hydrogen-bond acceptors (Lipinski definition) is 4. The zero-order valence-electron chi connectivity index (χ0n) is 31.3. The first-order chi connectivity index (χ1) is 28.8. The molecule has 0 aliphatic heterocycles. The fourth-order valence-electron chi connectivity index (χ4n) is 8.29. The molecule has 4 nitrogen and oxygen atoms in total. The van der Waals surface area contributed by atoms with Gasteiger partial charge in [0.1, 0.15) is 0 Å². The fraction of sp³-hybridized carbons (Fsp3) is 0. The first kappa shape index (κ1) is 33.8. The van der Waals surface area contributed by atoms with Crippen LogP contribution in [0.1, 0.15) is 0 Å². The highest BCUT2D eigenvalue weighted by Crippen LogP contribution is 2.49. The molecule has 0 unspecified atom stereocenters. The monoisotopic (exact) mass is 758 g/mol. The molecule has 0 saturated heterocycles. The summed E-state index contributed by atoms with van der Waals surface area (Å²) >= 11 is 1.89. The molecule has 5 aromatic heterocycles. The molecule has 0 atom stereocenters. The van der Waals surface area contributed by atoms with Crippen LogP contribution in [0.5, 0.6) is 0 Å². The molecule has 5 heteroatoms. The van der Waals surface area contributed by atoms with E-state index in [2.05, 4.69) is 172 Å². The quantitative estimate of drug-likeness (QED) is 0.163. The summed E-state index contributed by atoms with van der Waals surface area (Å²) in [7, 11) is 0. The van der Waals surface area contributed by atoms with Crippen molar-refractivity contribution in [3.05, 3.63) is 207 Å². The van der Waals surface area contributed by atoms with Crippen LogP contribution >= 0.6 is 11.3 Å². The van der Waals surface area contributed by atoms with Gasteiger partial charge < -0.3 is 4.57 Å². The van der Waals surface area contributed by atoms with Gasteiger partial charge in [-0.3, -0.25) is 9.97 Å². The smallest absolute Gasteiger partial charge is 0.0716 e. The van der Waals surface area contributed by atoms with Crippen LogP contribution in [-0.2, 0) is 0 Å². The van der Waals surface area contributed by atoms with Gasteiger partial charge in [-0.25, -0.2) is 4.98 Å². The third-order valence-electron chi connectivity index (χ3n) is 11.0. The lowest BCUT2D eigenvalue weighted by molar-refractivity contribution is 1.18. The highest BCUT2D eigenvalue weighted by Gasteiger charge is 2.22. The normalized spacial score (nSPS) is 11.4. The van der Waals surface area contributed by atoms with Gasteiger partial charge in [-0.1, -0.05) is 121 Å². The molecule has 5 heterocycles. The minimum Gasteiger partial charge on any atom is -0.309 e. The third-order valence-corrected chi connectivity index (χ3v) is 12.3. The predicted octanol–water partition coefficient (Wildman–Crippen LogP) is 14.2. The maximum absolute atomic E-state index is 5.28. The molecule has 0 fully saturated rings. The Bertz CT molecular complexity index is 3250. The lowest BCUT2D eigenvalue weighted by atomic mass is 9.98. The summed E-state index contributed by atoms with van der Waals surface area (Å²) in [6, 6.07) is 65.1. The van der Waals surface area contributed by atoms with Gasteiger partial charge in [0.25, 0.3) is 0 Å². The molecule has 0 spiro atoms. The number of nitrogens with zero attached hydrogens (tertiary/aromatic N) is 4. The Hall–Kier alpha value is -7.47. The van der Waals surface area contributed by atoms with E-state index < -0.39 is 0 Å². The molecule has 58 heavy (non-hydrogen) atoms. The van der Waals surface area contributed by atoms with Gasteiger partial charge in [-0.2, -0.15) is 0 Å². The van der Waals surface area contributed by atoms with E-state index in [-0.39, 0.29) is 0 Å². The van der Waals surface area contributed by atoms with Crippen LogP contribution in [0, 0.1) is 0 Å². The Kier molecular flexibility index (Phi) is 8.30. The zero-order valence-corrected chi connectivity index (χ0v) is 32.1. The molecule has 11 aromatic rings. The second kappa shape index (κ2) is 14.2. The van der Waals surface area contributed by atoms with Gasteiger partial charge in [-0.05, 0) is 94.0 Å². The molecule has 272 valence electrons. The highest BCUT2D eigenvalue weighted by molar-refractivity contribution is 7.24. The summed E-state index contributed by atoms with van der Waals surface area (Å²) < 4.78 is 3.72. The Labute approximate surface area is 340 Å². The summed E-state index contributed by atoms with van der Waals surface area (Å²) in [5.74, 6) is 0. The average molecular weight is 759 g/mol. The molecule has 0 amide bonds. The zero-order chi connectivity index (χ0) is 38.4. The van der Waals surface area contributed by atoms with E-state index in [0.29, 0.717) is 0 Å². The van der Waals surface area contributed by atoms with Gasteiger partial charge >= 0.3 is 0 Å². The van der Waals surface area contributed by atoms with Crippen LogP contribution in [0.25, 0.3) is 104 Å². The van der Waals surface area contributed by atoms with Crippen LogP contribution in [-0.4, -0.2) is 19.5 Å². The van der Waals surface area contributed by atoms with Gasteiger partial charge in [0.15, 0.2) is 0 Å². The molecule has 0 aliphatic carbocycles. The van der Waals surface area contributed by atoms with E-state index in [0.717, 1.165) is 50.5 Å². The summed E-state index contributed by atoms with van der Waals surface area (Å²) in [5, 5.41) is 3.79. The number of benzene rings is 6. The Morgan fingerprint density at radius 1 is 0.379 bits per heavy atom. The molecule has 0 N–H and O–H groups in total. The van der Waals surface area contributed by atoms with E-state index in [4.69, 9.17) is 4.98 Å². The Morgan fingerprint density at radius 2 is 0.966 bits per heavy atom. The number of aromatic nitrogens is 4. The van der Waals surface area contributed by atoms with Gasteiger partial charge in [0.2, 0.25) is 0 Å². The molecular weight excluding hydrogens is 725 g/mol. The molecule has 11 rings (SSSR count). The van der Waals surface area contributed by atoms with Crippen molar-refractivity contribution in [3.63, 3.8) is 0 Å². The minimum atomic E-state index is 0.902. The molecule has 0 bridgehead atoms. The topological polar surface area (TPSA) is 43.6 Å². The summed E-state index contributed by atoms with van der Waals surface area (Å²) in [6.45, 7) is 0. The number of hydrogen-bond donors (Lipinski definition) is 0. The van der Waals surface area contributed by atoms with E-state index in [9.17, 15) is 0 Å². The van der Waals surface area contributed by atoms with Gasteiger partial charge in [0.05, 0.1) is 22.4 Å². The molecular formula is C53H34N4S. The lowest BCUT2D eigenvalue weighted by Gasteiger charge is -2.13. The summed E-state index contributed by atoms with van der Waals surface area (Å²) in [5.41, 5.74) is 15.6. The van der Waals surface area contributed by atoms with Gasteiger partial charge in [0, 0.05) is 72.9 Å². The Morgan fingerprint density at radius 3 is 1.69 bits per heavy atom. The lowest BCUT2D eigenvalue weighted by Crippen LogP contribution is -1.96. The first-order valence-corrected chi connectivity index (χ1v) is 20.2. The maximum atomic E-state index is 5.28. The van der Waals surface area contributed by atoms with Crippen molar-refractivity contribution in [3.8, 4) is 72.0 Å². The number of pyridine rings is 3. The van der Waals surface area contributed by atoms with E-state index in [1.807, 2.05) is 60.4 Å². The van der Waals surface area contributed by atoms with Crippen molar-refractivity contribution in [2.75, 3.05) is 0 Å². The SMILES string of the molecule is c1ccc(-c2sc3c(ccc4c3c3ccccc3n4-c3cccc(-c4cc(-c5ccc(-c6ccncc6)cc5)cc(-c5ccncc5)n4)c3)c2-c2ccccc2)cc1. The van der Waals surface area contributed by atoms with Crippen LogP contribution in [0.2, 0.25) is 0 Å². The largest absolute Gasteiger partial charge is 0.309 e. The van der Waals surface area contributed by atoms with Crippen LogP contribution < -0.4 is 0 Å². The maximum Gasteiger partial charge on any atom is 0.0716 e. The van der Waals surface area contributed by atoms with E-state index >= 15 is 0 Å². The molecule has 0 aliphatic rings. The summed E-state index contributed by atoms with van der Waals surface area (Å²) in [6.07, 6.45) is 7.32. The molecule has 0 radical (unpaired) electrons. The van der Waals surface area contributed by atoms with E-state index in [1.54, 1.807) is 0 Å². The van der Waals surface area contributed by atoms with Crippen LogP contribution in [0.15, 0.2) is 207 Å². The summed E-state index contributed by atoms with van der Waals surface area (Å²) in [4.78, 5) is 15.0. The minimum absolute atomic E-state index is 0.902. The Balaban J connectivity index is 1.09. The van der Waals surface area contributed by atoms with Crippen molar-refractivity contribution in [2.24, 2.45) is 0 Å². The molecule has 6 aromatic carbocycles. The van der Waals surface area contributed by atoms with Crippen molar-refractivity contribution in [1.29, 1.82) is 0 Å². The van der Waals surface area contributed by atoms with Crippen molar-refractivity contribution < 1.29 is 0 Å². The van der Waals surface area contributed by atoms with Crippen molar-refractivity contribution >= 4 is 43.2 Å². The second-order valence-corrected chi connectivity index (χ2v) is 15.5. The third kappa shape index (κ3) is 5.88. The van der Waals surface area contributed by atoms with Gasteiger partial charge in [-0.15, -0.1) is 11.3 Å². The van der Waals surface area contributed by atoms with E-state index in [1.165, 1.54) is 53.5 Å². The highest BCUT2D eigenvalue weighted by atomic mass is 32.1. The number of fused-ring (bicyclic) bond motifs is 5. The van der Waals surface area contributed by atoms with Crippen LogP contribution in [0.4, 0.5) is 0 Å². The average Bonchev–Trinajstić information content (AvgIpc) is 3.87. The van der Waals surface area contributed by atoms with Crippen molar-refractivity contribution in [2.45, 2.75) is 0 Å². The number of para-hydroxylation sites is 1. The first-order valence-electron chi connectivity index (χ1n) is 19.4. The second-order valence-electron chi connectivity index (χ2n) is 14.5.